The van der Waals surface area contributed by atoms with E-state index in [1.54, 1.807) is 14.1 Å². The highest BCUT2D eigenvalue weighted by atomic mass is 19.4. The number of aliphatic imine (C=N–C) groups is 1. The maximum atomic E-state index is 12.4. The molecule has 0 spiro atoms. The first-order chi connectivity index (χ1) is 8.38. The molecule has 0 aliphatic rings. The van der Waals surface area contributed by atoms with Gasteiger partial charge in [-0.25, -0.2) is 0 Å². The molecular formula is C12H16F3N3. The molecule has 0 saturated carbocycles. The largest absolute Gasteiger partial charge is 0.416 e. The summed E-state index contributed by atoms with van der Waals surface area (Å²) in [5, 5.41) is 2.90. The molecule has 3 nitrogen and oxygen atoms in total. The minimum atomic E-state index is -4.29. The topological polar surface area (TPSA) is 27.6 Å². The van der Waals surface area contributed by atoms with Gasteiger partial charge in [-0.1, -0.05) is 12.1 Å². The van der Waals surface area contributed by atoms with Crippen molar-refractivity contribution >= 4 is 5.96 Å². The zero-order chi connectivity index (χ0) is 13.8. The Bertz CT molecular complexity index is 410. The van der Waals surface area contributed by atoms with E-state index in [4.69, 9.17) is 0 Å². The summed E-state index contributed by atoms with van der Waals surface area (Å²) in [6.07, 6.45) is -4.29. The molecule has 0 aliphatic heterocycles. The van der Waals surface area contributed by atoms with Crippen LogP contribution in [0.3, 0.4) is 0 Å². The lowest BCUT2D eigenvalue weighted by molar-refractivity contribution is -0.137. The molecule has 0 unspecified atom stereocenters. The number of nitrogens with one attached hydrogen (secondary N) is 1. The van der Waals surface area contributed by atoms with Crippen molar-refractivity contribution in [3.63, 3.8) is 0 Å². The third-order valence-electron chi connectivity index (χ3n) is 2.50. The van der Waals surface area contributed by atoms with Gasteiger partial charge in [0.1, 0.15) is 0 Å². The maximum absolute atomic E-state index is 12.4. The maximum Gasteiger partial charge on any atom is 0.416 e. The van der Waals surface area contributed by atoms with Crippen LogP contribution in [0.5, 0.6) is 0 Å². The van der Waals surface area contributed by atoms with Crippen LogP contribution < -0.4 is 5.32 Å². The van der Waals surface area contributed by atoms with E-state index in [-0.39, 0.29) is 0 Å². The Kier molecular flexibility index (Phi) is 4.58. The standard InChI is InChI=1S/C12H16F3N3/c1-16-11(17-2)18(3)8-9-4-6-10(7-5-9)12(13,14)15/h4-7H,8H2,1-3H3,(H,16,17). The smallest absolute Gasteiger partial charge is 0.359 e. The summed E-state index contributed by atoms with van der Waals surface area (Å²) in [5.74, 6) is 0.676. The first-order valence-electron chi connectivity index (χ1n) is 5.40. The van der Waals surface area contributed by atoms with E-state index in [1.165, 1.54) is 12.1 Å². The second-order valence-electron chi connectivity index (χ2n) is 3.85. The second-order valence-corrected chi connectivity index (χ2v) is 3.85. The molecule has 0 aliphatic carbocycles. The summed E-state index contributed by atoms with van der Waals surface area (Å²) >= 11 is 0. The lowest BCUT2D eigenvalue weighted by Crippen LogP contribution is -2.36. The van der Waals surface area contributed by atoms with Gasteiger partial charge in [0.2, 0.25) is 0 Å². The number of rotatable bonds is 2. The highest BCUT2D eigenvalue weighted by Gasteiger charge is 2.29. The van der Waals surface area contributed by atoms with Crippen molar-refractivity contribution in [1.29, 1.82) is 0 Å². The Hall–Kier alpha value is -1.72. The molecule has 0 bridgehead atoms. The Morgan fingerprint density at radius 1 is 1.28 bits per heavy atom. The van der Waals surface area contributed by atoms with Gasteiger partial charge in [0.25, 0.3) is 0 Å². The summed E-state index contributed by atoms with van der Waals surface area (Å²) < 4.78 is 37.1. The van der Waals surface area contributed by atoms with Crippen LogP contribution in [0.2, 0.25) is 0 Å². The van der Waals surface area contributed by atoms with Crippen LogP contribution in [0.1, 0.15) is 11.1 Å². The third-order valence-corrected chi connectivity index (χ3v) is 2.50. The fraction of sp³-hybridized carbons (Fsp3) is 0.417. The molecule has 0 amide bonds. The number of benzene rings is 1. The number of hydrogen-bond acceptors (Lipinski definition) is 1. The van der Waals surface area contributed by atoms with Crippen molar-refractivity contribution in [3.05, 3.63) is 35.4 Å². The van der Waals surface area contributed by atoms with Gasteiger partial charge < -0.3 is 10.2 Å². The van der Waals surface area contributed by atoms with Gasteiger partial charge in [0, 0.05) is 27.7 Å². The van der Waals surface area contributed by atoms with Crippen molar-refractivity contribution in [3.8, 4) is 0 Å². The number of hydrogen-bond donors (Lipinski definition) is 1. The average molecular weight is 259 g/mol. The van der Waals surface area contributed by atoms with Crippen molar-refractivity contribution in [2.24, 2.45) is 4.99 Å². The molecule has 0 atom stereocenters. The van der Waals surface area contributed by atoms with E-state index in [0.717, 1.165) is 17.7 Å². The van der Waals surface area contributed by atoms with Crippen LogP contribution in [0.4, 0.5) is 13.2 Å². The summed E-state index contributed by atoms with van der Waals surface area (Å²) in [7, 11) is 5.21. The molecule has 0 heterocycles. The van der Waals surface area contributed by atoms with Crippen LogP contribution in [-0.2, 0) is 12.7 Å². The molecule has 0 radical (unpaired) electrons. The molecule has 100 valence electrons. The fourth-order valence-electron chi connectivity index (χ4n) is 1.62. The van der Waals surface area contributed by atoms with E-state index >= 15 is 0 Å². The third kappa shape index (κ3) is 3.65. The van der Waals surface area contributed by atoms with Crippen LogP contribution >= 0.6 is 0 Å². The monoisotopic (exact) mass is 259 g/mol. The number of guanidine groups is 1. The van der Waals surface area contributed by atoms with E-state index < -0.39 is 11.7 Å². The van der Waals surface area contributed by atoms with Crippen LogP contribution in [0.25, 0.3) is 0 Å². The predicted octanol–water partition coefficient (Wildman–Crippen LogP) is 2.34. The van der Waals surface area contributed by atoms with Crippen LogP contribution in [0, 0.1) is 0 Å². The summed E-state index contributed by atoms with van der Waals surface area (Å²) in [6, 6.07) is 5.13. The van der Waals surface area contributed by atoms with Crippen molar-refractivity contribution in [2.45, 2.75) is 12.7 Å². The SMILES string of the molecule is CN=C(NC)N(C)Cc1ccc(C(F)(F)F)cc1. The molecule has 1 aromatic rings. The molecule has 6 heteroatoms. The van der Waals surface area contributed by atoms with Crippen molar-refractivity contribution in [1.82, 2.24) is 10.2 Å². The molecule has 0 saturated heterocycles. The van der Waals surface area contributed by atoms with Gasteiger partial charge in [-0.3, -0.25) is 4.99 Å². The van der Waals surface area contributed by atoms with Crippen molar-refractivity contribution in [2.75, 3.05) is 21.1 Å². The normalized spacial score (nSPS) is 12.4. The van der Waals surface area contributed by atoms with E-state index in [2.05, 4.69) is 10.3 Å². The van der Waals surface area contributed by atoms with Gasteiger partial charge in [0.15, 0.2) is 5.96 Å². The Morgan fingerprint density at radius 2 is 1.83 bits per heavy atom. The first-order valence-corrected chi connectivity index (χ1v) is 5.40. The van der Waals surface area contributed by atoms with Gasteiger partial charge in [-0.2, -0.15) is 13.2 Å². The molecular weight excluding hydrogens is 243 g/mol. The number of alkyl halides is 3. The summed E-state index contributed by atoms with van der Waals surface area (Å²) in [6.45, 7) is 0.492. The van der Waals surface area contributed by atoms with E-state index in [0.29, 0.717) is 12.5 Å². The average Bonchev–Trinajstić information content (AvgIpc) is 2.30. The number of nitrogens with zero attached hydrogens (tertiary/aromatic N) is 2. The Labute approximate surface area is 104 Å². The minimum Gasteiger partial charge on any atom is -0.359 e. The Balaban J connectivity index is 2.76. The summed E-state index contributed by atoms with van der Waals surface area (Å²) in [5.41, 5.74) is 0.161. The van der Waals surface area contributed by atoms with Gasteiger partial charge >= 0.3 is 6.18 Å². The molecule has 0 fully saturated rings. The minimum absolute atomic E-state index is 0.492. The van der Waals surface area contributed by atoms with Gasteiger partial charge in [-0.05, 0) is 17.7 Å². The van der Waals surface area contributed by atoms with Crippen LogP contribution in [0.15, 0.2) is 29.3 Å². The quantitative estimate of drug-likeness (QED) is 0.652. The molecule has 1 N–H and O–H groups in total. The second kappa shape index (κ2) is 5.75. The zero-order valence-electron chi connectivity index (χ0n) is 10.5. The highest BCUT2D eigenvalue weighted by Crippen LogP contribution is 2.29. The lowest BCUT2D eigenvalue weighted by atomic mass is 10.1. The fourth-order valence-corrected chi connectivity index (χ4v) is 1.62. The summed E-state index contributed by atoms with van der Waals surface area (Å²) in [4.78, 5) is 5.83. The first kappa shape index (κ1) is 14.3. The van der Waals surface area contributed by atoms with Gasteiger partial charge in [0.05, 0.1) is 5.56 Å². The van der Waals surface area contributed by atoms with Crippen LogP contribution in [-0.4, -0.2) is 32.0 Å². The van der Waals surface area contributed by atoms with E-state index in [1.807, 2.05) is 11.9 Å². The highest BCUT2D eigenvalue weighted by molar-refractivity contribution is 5.79. The lowest BCUT2D eigenvalue weighted by Gasteiger charge is -2.20. The molecule has 1 aromatic carbocycles. The molecule has 18 heavy (non-hydrogen) atoms. The number of halogens is 3. The predicted molar refractivity (Wildman–Crippen MR) is 65.3 cm³/mol. The van der Waals surface area contributed by atoms with E-state index in [9.17, 15) is 13.2 Å². The molecule has 0 aromatic heterocycles. The van der Waals surface area contributed by atoms with Crippen molar-refractivity contribution < 1.29 is 13.2 Å². The Morgan fingerprint density at radius 3 is 2.22 bits per heavy atom. The molecule has 1 rings (SSSR count). The zero-order valence-corrected chi connectivity index (χ0v) is 10.5. The van der Waals surface area contributed by atoms with Gasteiger partial charge in [-0.15, -0.1) is 0 Å².